The number of nitrogens with two attached hydrogens (primary N) is 1. The zero-order chi connectivity index (χ0) is 21.7. The monoisotopic (exact) mass is 444 g/mol. The van der Waals surface area contributed by atoms with Crippen LogP contribution in [0.4, 0.5) is 5.82 Å². The molecule has 0 unspecified atom stereocenters. The van der Waals surface area contributed by atoms with Gasteiger partial charge in [0, 0.05) is 24.0 Å². The minimum absolute atomic E-state index is 0.127. The maximum Gasteiger partial charge on any atom is 0.491 e. The maximum absolute atomic E-state index is 9.92. The average Bonchev–Trinajstić information content (AvgIpc) is 3.32. The molecular formula is C24H25BN4O2S. The first-order valence-electron chi connectivity index (χ1n) is 11.1. The molecular weight excluding hydrogens is 419 g/mol. The van der Waals surface area contributed by atoms with Crippen molar-refractivity contribution >= 4 is 30.2 Å². The number of piperidine rings is 1. The third-order valence-electron chi connectivity index (χ3n) is 7.29. The summed E-state index contributed by atoms with van der Waals surface area (Å²) in [4.78, 5) is 12.7. The molecule has 2 aromatic carbocycles. The third kappa shape index (κ3) is 3.42. The minimum Gasteiger partial charge on any atom is -0.423 e. The first-order valence-corrected chi connectivity index (χ1v) is 11.9. The van der Waals surface area contributed by atoms with Gasteiger partial charge in [-0.15, -0.1) is 0 Å². The average molecular weight is 444 g/mol. The van der Waals surface area contributed by atoms with Gasteiger partial charge < -0.3 is 20.3 Å². The van der Waals surface area contributed by atoms with Gasteiger partial charge in [-0.1, -0.05) is 42.1 Å². The Morgan fingerprint density at radius 1 is 1.09 bits per heavy atom. The van der Waals surface area contributed by atoms with Gasteiger partial charge in [0.1, 0.15) is 10.8 Å². The Hall–Kier alpha value is -2.39. The van der Waals surface area contributed by atoms with Gasteiger partial charge in [0.05, 0.1) is 19.0 Å². The molecule has 32 heavy (non-hydrogen) atoms. The van der Waals surface area contributed by atoms with Gasteiger partial charge >= 0.3 is 7.12 Å². The van der Waals surface area contributed by atoms with Crippen LogP contribution in [-0.4, -0.2) is 35.2 Å². The van der Waals surface area contributed by atoms with Crippen LogP contribution in [0, 0.1) is 5.41 Å². The van der Waals surface area contributed by atoms with Crippen molar-refractivity contribution in [1.82, 2.24) is 9.97 Å². The quantitative estimate of drug-likeness (QED) is 0.601. The molecule has 1 fully saturated rings. The molecule has 3 aromatic rings. The number of aromatic nitrogens is 2. The van der Waals surface area contributed by atoms with Gasteiger partial charge in [0.2, 0.25) is 0 Å². The molecule has 1 atom stereocenters. The van der Waals surface area contributed by atoms with E-state index < -0.39 is 7.12 Å². The summed E-state index contributed by atoms with van der Waals surface area (Å²) in [6.07, 6.45) is 6.93. The van der Waals surface area contributed by atoms with E-state index in [1.165, 1.54) is 11.1 Å². The molecule has 2 aliphatic heterocycles. The number of anilines is 1. The summed E-state index contributed by atoms with van der Waals surface area (Å²) in [5.74, 6) is 0.922. The van der Waals surface area contributed by atoms with Gasteiger partial charge in [0.25, 0.3) is 0 Å². The number of rotatable bonds is 3. The molecule has 1 saturated heterocycles. The molecule has 0 bridgehead atoms. The van der Waals surface area contributed by atoms with Crippen molar-refractivity contribution in [2.24, 2.45) is 11.1 Å². The fourth-order valence-electron chi connectivity index (χ4n) is 5.39. The second-order valence-corrected chi connectivity index (χ2v) is 10.1. The van der Waals surface area contributed by atoms with Crippen molar-refractivity contribution in [1.29, 1.82) is 0 Å². The van der Waals surface area contributed by atoms with Crippen LogP contribution in [0.25, 0.3) is 0 Å². The Morgan fingerprint density at radius 3 is 2.72 bits per heavy atom. The van der Waals surface area contributed by atoms with Crippen LogP contribution in [0.1, 0.15) is 35.6 Å². The highest BCUT2D eigenvalue weighted by atomic mass is 32.2. The molecule has 6 nitrogen and oxygen atoms in total. The highest BCUT2D eigenvalue weighted by Gasteiger charge is 2.45. The Balaban J connectivity index is 1.11. The second kappa shape index (κ2) is 7.88. The van der Waals surface area contributed by atoms with E-state index in [1.54, 1.807) is 11.8 Å². The van der Waals surface area contributed by atoms with Gasteiger partial charge in [-0.3, -0.25) is 0 Å². The molecule has 8 heteroatoms. The van der Waals surface area contributed by atoms with Crippen LogP contribution >= 0.6 is 11.8 Å². The van der Waals surface area contributed by atoms with Gasteiger partial charge in [0.15, 0.2) is 0 Å². The van der Waals surface area contributed by atoms with E-state index in [4.69, 9.17) is 15.4 Å². The number of nitrogens with zero attached hydrogens (tertiary/aromatic N) is 3. The van der Waals surface area contributed by atoms with E-state index in [9.17, 15) is 5.02 Å². The fraction of sp³-hybridized carbons (Fsp3) is 0.333. The summed E-state index contributed by atoms with van der Waals surface area (Å²) in [7, 11) is -0.831. The minimum atomic E-state index is -0.831. The molecule has 0 radical (unpaired) electrons. The predicted molar refractivity (Wildman–Crippen MR) is 126 cm³/mol. The van der Waals surface area contributed by atoms with Crippen molar-refractivity contribution in [3.05, 3.63) is 71.5 Å². The highest BCUT2D eigenvalue weighted by Crippen LogP contribution is 2.50. The molecule has 6 rings (SSSR count). The summed E-state index contributed by atoms with van der Waals surface area (Å²) in [6.45, 7) is 2.36. The topological polar surface area (TPSA) is 84.5 Å². The van der Waals surface area contributed by atoms with E-state index >= 15 is 0 Å². The van der Waals surface area contributed by atoms with Crippen molar-refractivity contribution in [3.8, 4) is 0 Å². The van der Waals surface area contributed by atoms with Crippen LogP contribution < -0.4 is 16.1 Å². The molecule has 3 heterocycles. The van der Waals surface area contributed by atoms with Crippen molar-refractivity contribution in [3.63, 3.8) is 0 Å². The maximum atomic E-state index is 9.92. The molecule has 1 aromatic heterocycles. The third-order valence-corrected chi connectivity index (χ3v) is 8.20. The lowest BCUT2D eigenvalue weighted by Gasteiger charge is -2.42. The number of hydrogen-bond donors (Lipinski definition) is 2. The van der Waals surface area contributed by atoms with Crippen LogP contribution in [-0.2, 0) is 17.7 Å². The zero-order valence-corrected chi connectivity index (χ0v) is 18.6. The summed E-state index contributed by atoms with van der Waals surface area (Å²) in [5, 5.41) is 10.8. The van der Waals surface area contributed by atoms with Gasteiger partial charge in [-0.05, 0) is 59.0 Å². The van der Waals surface area contributed by atoms with Gasteiger partial charge in [-0.2, -0.15) is 0 Å². The van der Waals surface area contributed by atoms with Crippen LogP contribution in [0.2, 0.25) is 0 Å². The molecule has 3 N–H and O–H groups in total. The lowest BCUT2D eigenvalue weighted by atomic mass is 9.73. The first kappa shape index (κ1) is 20.2. The normalized spacial score (nSPS) is 21.1. The Labute approximate surface area is 192 Å². The molecule has 1 aliphatic carbocycles. The van der Waals surface area contributed by atoms with E-state index in [2.05, 4.69) is 34.1 Å². The van der Waals surface area contributed by atoms with Crippen molar-refractivity contribution < 1.29 is 9.68 Å². The number of hydrogen-bond acceptors (Lipinski definition) is 7. The Kier molecular flexibility index (Phi) is 4.99. The summed E-state index contributed by atoms with van der Waals surface area (Å²) < 4.78 is 5.28. The molecule has 0 amide bonds. The van der Waals surface area contributed by atoms with E-state index in [1.807, 2.05) is 30.6 Å². The second-order valence-electron chi connectivity index (χ2n) is 9.04. The van der Waals surface area contributed by atoms with Crippen molar-refractivity contribution in [2.45, 2.75) is 41.8 Å². The SMILES string of the molecule is N[C@@H]1c2ccccc2CC12CCN(c1cnc(Sc3ccc4c(c3)B(O)OC4)cn1)CC2. The number of benzene rings is 2. The van der Waals surface area contributed by atoms with Crippen LogP contribution in [0.15, 0.2) is 64.8 Å². The largest absolute Gasteiger partial charge is 0.491 e. The fourth-order valence-corrected chi connectivity index (χ4v) is 6.16. The summed E-state index contributed by atoms with van der Waals surface area (Å²) in [5.41, 5.74) is 11.5. The number of fused-ring (bicyclic) bond motifs is 2. The smallest absolute Gasteiger partial charge is 0.423 e. The Bertz CT molecular complexity index is 1150. The van der Waals surface area contributed by atoms with Crippen LogP contribution in [0.3, 0.4) is 0 Å². The highest BCUT2D eigenvalue weighted by molar-refractivity contribution is 7.99. The van der Waals surface area contributed by atoms with Gasteiger partial charge in [-0.25, -0.2) is 9.97 Å². The molecule has 1 spiro atoms. The zero-order valence-electron chi connectivity index (χ0n) is 17.8. The van der Waals surface area contributed by atoms with E-state index in [-0.39, 0.29) is 11.5 Å². The lowest BCUT2D eigenvalue weighted by molar-refractivity contribution is 0.187. The molecule has 0 saturated carbocycles. The summed E-state index contributed by atoms with van der Waals surface area (Å²) in [6, 6.07) is 14.8. The molecule has 162 valence electrons. The lowest BCUT2D eigenvalue weighted by Crippen LogP contribution is -2.44. The summed E-state index contributed by atoms with van der Waals surface area (Å²) >= 11 is 1.54. The molecule has 3 aliphatic rings. The first-order chi connectivity index (χ1) is 15.6. The standard InChI is InChI=1S/C24H25BN4O2S/c26-23-19-4-2-1-3-16(19)12-24(23)7-9-29(10-8-24)21-13-28-22(14-27-21)32-18-6-5-17-15-31-25(30)20(17)11-18/h1-6,11,13-14,23,30H,7-10,12,15,26H2/t23-/m1/s1. The predicted octanol–water partition coefficient (Wildman–Crippen LogP) is 2.69. The van der Waals surface area contributed by atoms with Crippen molar-refractivity contribution in [2.75, 3.05) is 18.0 Å². The Morgan fingerprint density at radius 2 is 1.94 bits per heavy atom. The van der Waals surface area contributed by atoms with E-state index in [0.29, 0.717) is 6.61 Å². The van der Waals surface area contributed by atoms with E-state index in [0.717, 1.165) is 59.1 Å². The van der Waals surface area contributed by atoms with Crippen LogP contribution in [0.5, 0.6) is 0 Å².